The summed E-state index contributed by atoms with van der Waals surface area (Å²) in [7, 11) is 0. The van der Waals surface area contributed by atoms with Gasteiger partial charge in [-0.2, -0.15) is 0 Å². The minimum Gasteiger partial charge on any atom is -0.490 e. The van der Waals surface area contributed by atoms with Crippen molar-refractivity contribution in [1.82, 2.24) is 9.97 Å². The third kappa shape index (κ3) is 4.19. The molecule has 7 heteroatoms. The van der Waals surface area contributed by atoms with E-state index in [9.17, 15) is 4.79 Å². The van der Waals surface area contributed by atoms with E-state index in [1.165, 1.54) is 0 Å². The molecule has 1 amide bonds. The Labute approximate surface area is 161 Å². The third-order valence-electron chi connectivity index (χ3n) is 4.29. The Balaban J connectivity index is 1.34. The molecule has 2 N–H and O–H groups in total. The number of amides is 1. The molecular weight excluding hydrogens is 362 g/mol. The van der Waals surface area contributed by atoms with Gasteiger partial charge in [-0.05, 0) is 31.2 Å². The smallest absolute Gasteiger partial charge is 0.234 e. The lowest BCUT2D eigenvalue weighted by Gasteiger charge is -2.11. The summed E-state index contributed by atoms with van der Waals surface area (Å²) in [6.07, 6.45) is 0.854. The molecular formula is C20H21N3O3S. The number of carbonyl (C=O) groups is 1. The maximum Gasteiger partial charge on any atom is 0.234 e. The number of imidazole rings is 1. The number of benzene rings is 2. The van der Waals surface area contributed by atoms with E-state index in [1.807, 2.05) is 49.4 Å². The number of hydrogen-bond acceptors (Lipinski definition) is 5. The highest BCUT2D eigenvalue weighted by Crippen LogP contribution is 2.32. The predicted octanol–water partition coefficient (Wildman–Crippen LogP) is 4.16. The molecule has 0 spiro atoms. The molecule has 0 fully saturated rings. The SMILES string of the molecule is C[C@@H](SCC(=O)Nc1ccc2c(c1)OCCCO2)c1nc2ccccc2[nH]1. The number of hydrogen-bond donors (Lipinski definition) is 2. The largest absolute Gasteiger partial charge is 0.490 e. The molecule has 0 saturated heterocycles. The summed E-state index contributed by atoms with van der Waals surface area (Å²) in [5, 5.41) is 3.01. The number of H-pyrrole nitrogens is 1. The Morgan fingerprint density at radius 3 is 2.89 bits per heavy atom. The number of ether oxygens (including phenoxy) is 2. The Kier molecular flexibility index (Phi) is 5.20. The van der Waals surface area contributed by atoms with Crippen LogP contribution in [0.1, 0.15) is 24.4 Å². The van der Waals surface area contributed by atoms with Crippen molar-refractivity contribution in [2.24, 2.45) is 0 Å². The van der Waals surface area contributed by atoms with Gasteiger partial charge in [-0.1, -0.05) is 12.1 Å². The van der Waals surface area contributed by atoms with Crippen molar-refractivity contribution in [2.75, 3.05) is 24.3 Å². The van der Waals surface area contributed by atoms with Gasteiger partial charge >= 0.3 is 0 Å². The highest BCUT2D eigenvalue weighted by atomic mass is 32.2. The predicted molar refractivity (Wildman–Crippen MR) is 108 cm³/mol. The van der Waals surface area contributed by atoms with E-state index in [0.717, 1.165) is 29.0 Å². The van der Waals surface area contributed by atoms with Crippen molar-refractivity contribution in [3.05, 3.63) is 48.3 Å². The van der Waals surface area contributed by atoms with Gasteiger partial charge in [0.2, 0.25) is 5.91 Å². The number of aromatic nitrogens is 2. The van der Waals surface area contributed by atoms with E-state index in [1.54, 1.807) is 11.8 Å². The molecule has 4 rings (SSSR count). The molecule has 0 unspecified atom stereocenters. The van der Waals surface area contributed by atoms with Gasteiger partial charge in [0, 0.05) is 18.2 Å². The van der Waals surface area contributed by atoms with Gasteiger partial charge in [-0.25, -0.2) is 4.98 Å². The normalized spacial score (nSPS) is 14.6. The first-order valence-corrected chi connectivity index (χ1v) is 10.00. The summed E-state index contributed by atoms with van der Waals surface area (Å²) in [6.45, 7) is 3.31. The second-order valence-corrected chi connectivity index (χ2v) is 7.68. The molecule has 6 nitrogen and oxygen atoms in total. The fourth-order valence-corrected chi connectivity index (χ4v) is 3.63. The second-order valence-electron chi connectivity index (χ2n) is 6.35. The number of thioether (sulfide) groups is 1. The molecule has 0 aliphatic carbocycles. The summed E-state index contributed by atoms with van der Waals surface area (Å²) in [5.74, 6) is 2.56. The van der Waals surface area contributed by atoms with Gasteiger partial charge < -0.3 is 19.8 Å². The lowest BCUT2D eigenvalue weighted by molar-refractivity contribution is -0.113. The van der Waals surface area contributed by atoms with Crippen molar-refractivity contribution in [3.8, 4) is 11.5 Å². The van der Waals surface area contributed by atoms with Gasteiger partial charge in [0.1, 0.15) is 5.82 Å². The molecule has 2 aromatic carbocycles. The van der Waals surface area contributed by atoms with Crippen molar-refractivity contribution in [2.45, 2.75) is 18.6 Å². The molecule has 2 heterocycles. The standard InChI is InChI=1S/C20H21N3O3S/c1-13(20-22-15-5-2-3-6-16(15)23-20)27-12-19(24)21-14-7-8-17-18(11-14)26-10-4-9-25-17/h2-3,5-8,11,13H,4,9-10,12H2,1H3,(H,21,24)(H,22,23)/t13-/m1/s1. The zero-order chi connectivity index (χ0) is 18.6. The van der Waals surface area contributed by atoms with Crippen LogP contribution in [0, 0.1) is 0 Å². The first-order chi connectivity index (χ1) is 13.2. The number of rotatable bonds is 5. The molecule has 0 radical (unpaired) electrons. The van der Waals surface area contributed by atoms with E-state index in [2.05, 4.69) is 15.3 Å². The van der Waals surface area contributed by atoms with Crippen LogP contribution < -0.4 is 14.8 Å². The molecule has 1 aliphatic heterocycles. The molecule has 3 aromatic rings. The number of para-hydroxylation sites is 2. The average Bonchev–Trinajstić information content (AvgIpc) is 2.98. The molecule has 0 bridgehead atoms. The number of nitrogens with one attached hydrogen (secondary N) is 2. The van der Waals surface area contributed by atoms with Crippen LogP contribution in [-0.2, 0) is 4.79 Å². The number of carbonyl (C=O) groups excluding carboxylic acids is 1. The molecule has 27 heavy (non-hydrogen) atoms. The Bertz CT molecular complexity index is 924. The van der Waals surface area contributed by atoms with Gasteiger partial charge in [0.15, 0.2) is 11.5 Å². The lowest BCUT2D eigenvalue weighted by atomic mass is 10.2. The number of nitrogens with zero attached hydrogens (tertiary/aromatic N) is 1. The van der Waals surface area contributed by atoms with Crippen LogP contribution in [0.4, 0.5) is 5.69 Å². The quantitative estimate of drug-likeness (QED) is 0.692. The second kappa shape index (κ2) is 7.92. The summed E-state index contributed by atoms with van der Waals surface area (Å²) >= 11 is 1.54. The van der Waals surface area contributed by atoms with E-state index < -0.39 is 0 Å². The minimum absolute atomic E-state index is 0.0579. The van der Waals surface area contributed by atoms with Crippen molar-refractivity contribution in [3.63, 3.8) is 0 Å². The minimum atomic E-state index is -0.0579. The number of anilines is 1. The van der Waals surface area contributed by atoms with Crippen LogP contribution in [0.15, 0.2) is 42.5 Å². The molecule has 140 valence electrons. The Hall–Kier alpha value is -2.67. The average molecular weight is 383 g/mol. The third-order valence-corrected chi connectivity index (χ3v) is 5.44. The fourth-order valence-electron chi connectivity index (χ4n) is 2.88. The van der Waals surface area contributed by atoms with E-state index in [0.29, 0.717) is 30.4 Å². The van der Waals surface area contributed by atoms with Gasteiger partial charge in [0.05, 0.1) is 35.2 Å². The van der Waals surface area contributed by atoms with Crippen LogP contribution in [0.2, 0.25) is 0 Å². The zero-order valence-electron chi connectivity index (χ0n) is 15.0. The van der Waals surface area contributed by atoms with Crippen LogP contribution in [0.25, 0.3) is 11.0 Å². The summed E-state index contributed by atoms with van der Waals surface area (Å²) in [4.78, 5) is 20.2. The maximum atomic E-state index is 12.3. The number of aromatic amines is 1. The van der Waals surface area contributed by atoms with Crippen molar-refractivity contribution >= 4 is 34.4 Å². The molecule has 0 saturated carbocycles. The van der Waals surface area contributed by atoms with Gasteiger partial charge in [0.25, 0.3) is 0 Å². The highest BCUT2D eigenvalue weighted by molar-refractivity contribution is 8.00. The fraction of sp³-hybridized carbons (Fsp3) is 0.300. The van der Waals surface area contributed by atoms with E-state index in [-0.39, 0.29) is 11.2 Å². The number of fused-ring (bicyclic) bond motifs is 2. The summed E-state index contributed by atoms with van der Waals surface area (Å²) in [6, 6.07) is 13.4. The van der Waals surface area contributed by atoms with Gasteiger partial charge in [-0.3, -0.25) is 4.79 Å². The monoisotopic (exact) mass is 383 g/mol. The van der Waals surface area contributed by atoms with Crippen LogP contribution in [-0.4, -0.2) is 34.8 Å². The van der Waals surface area contributed by atoms with Crippen LogP contribution >= 0.6 is 11.8 Å². The lowest BCUT2D eigenvalue weighted by Crippen LogP contribution is -2.15. The van der Waals surface area contributed by atoms with Gasteiger partial charge in [-0.15, -0.1) is 11.8 Å². The Morgan fingerprint density at radius 1 is 1.22 bits per heavy atom. The van der Waals surface area contributed by atoms with E-state index >= 15 is 0 Å². The van der Waals surface area contributed by atoms with Crippen LogP contribution in [0.3, 0.4) is 0 Å². The van der Waals surface area contributed by atoms with Crippen LogP contribution in [0.5, 0.6) is 11.5 Å². The zero-order valence-corrected chi connectivity index (χ0v) is 15.8. The molecule has 1 atom stereocenters. The first kappa shape index (κ1) is 17.7. The van der Waals surface area contributed by atoms with Crippen molar-refractivity contribution in [1.29, 1.82) is 0 Å². The van der Waals surface area contributed by atoms with Crippen molar-refractivity contribution < 1.29 is 14.3 Å². The first-order valence-electron chi connectivity index (χ1n) is 8.95. The summed E-state index contributed by atoms with van der Waals surface area (Å²) < 4.78 is 11.3. The molecule has 1 aromatic heterocycles. The molecule has 1 aliphatic rings. The topological polar surface area (TPSA) is 76.2 Å². The highest BCUT2D eigenvalue weighted by Gasteiger charge is 2.15. The summed E-state index contributed by atoms with van der Waals surface area (Å²) in [5.41, 5.74) is 2.66. The maximum absolute atomic E-state index is 12.3. The Morgan fingerprint density at radius 2 is 2.04 bits per heavy atom. The van der Waals surface area contributed by atoms with E-state index in [4.69, 9.17) is 9.47 Å².